The highest BCUT2D eigenvalue weighted by molar-refractivity contribution is 14.0. The van der Waals surface area contributed by atoms with E-state index < -0.39 is 0 Å². The molecule has 3 aliphatic rings. The molecule has 30 heavy (non-hydrogen) atoms. The van der Waals surface area contributed by atoms with Crippen LogP contribution in [0.4, 0.5) is 0 Å². The van der Waals surface area contributed by atoms with Gasteiger partial charge in [-0.3, -0.25) is 9.89 Å². The van der Waals surface area contributed by atoms with Gasteiger partial charge in [-0.05, 0) is 64.1 Å². The summed E-state index contributed by atoms with van der Waals surface area (Å²) < 4.78 is 12.0. The topological polar surface area (TPSA) is 49.3 Å². The number of likely N-dealkylation sites (tertiary alicyclic amines) is 2. The average molecular weight is 528 g/mol. The Bertz CT molecular complexity index is 702. The summed E-state index contributed by atoms with van der Waals surface area (Å²) in [6.45, 7) is 5.36. The third-order valence-corrected chi connectivity index (χ3v) is 6.64. The van der Waals surface area contributed by atoms with E-state index in [1.54, 1.807) is 7.11 Å². The van der Waals surface area contributed by atoms with Gasteiger partial charge < -0.3 is 19.7 Å². The molecule has 0 radical (unpaired) electrons. The van der Waals surface area contributed by atoms with Crippen molar-refractivity contribution in [2.75, 3.05) is 40.3 Å². The predicted octanol–water partition coefficient (Wildman–Crippen LogP) is 3.88. The molecule has 0 bridgehead atoms. The number of halogens is 1. The molecule has 2 heterocycles. The molecule has 0 spiro atoms. The first-order valence-electron chi connectivity index (χ1n) is 11.3. The van der Waals surface area contributed by atoms with Crippen LogP contribution in [0.1, 0.15) is 50.5 Å². The highest BCUT2D eigenvalue weighted by Crippen LogP contribution is 2.35. The highest BCUT2D eigenvalue weighted by atomic mass is 127. The summed E-state index contributed by atoms with van der Waals surface area (Å²) in [5.74, 6) is 2.70. The van der Waals surface area contributed by atoms with Crippen LogP contribution in [0.5, 0.6) is 11.5 Å². The monoisotopic (exact) mass is 528 g/mol. The Morgan fingerprint density at radius 1 is 1.10 bits per heavy atom. The Kier molecular flexibility index (Phi) is 8.92. The van der Waals surface area contributed by atoms with E-state index in [-0.39, 0.29) is 24.0 Å². The molecule has 1 atom stereocenters. The summed E-state index contributed by atoms with van der Waals surface area (Å²) in [6, 6.07) is 6.84. The van der Waals surface area contributed by atoms with Gasteiger partial charge in [0.1, 0.15) is 0 Å². The molecular formula is C23H37IN4O2. The zero-order chi connectivity index (χ0) is 20.1. The normalized spacial score (nSPS) is 22.9. The van der Waals surface area contributed by atoms with Crippen LogP contribution in [0.25, 0.3) is 0 Å². The Hall–Kier alpha value is -1.22. The van der Waals surface area contributed by atoms with Crippen molar-refractivity contribution in [3.63, 3.8) is 0 Å². The second-order valence-electron chi connectivity index (χ2n) is 8.51. The molecule has 2 saturated heterocycles. The number of rotatable bonds is 6. The smallest absolute Gasteiger partial charge is 0.193 e. The van der Waals surface area contributed by atoms with Crippen molar-refractivity contribution in [1.29, 1.82) is 0 Å². The number of methoxy groups -OCH3 is 1. The van der Waals surface area contributed by atoms with Gasteiger partial charge >= 0.3 is 0 Å². The fourth-order valence-corrected chi connectivity index (χ4v) is 5.01. The molecule has 1 saturated carbocycles. The first kappa shape index (κ1) is 23.4. The van der Waals surface area contributed by atoms with Crippen molar-refractivity contribution in [3.05, 3.63) is 23.8 Å². The molecule has 3 fully saturated rings. The molecule has 1 aliphatic carbocycles. The lowest BCUT2D eigenvalue weighted by Crippen LogP contribution is -2.42. The fourth-order valence-electron chi connectivity index (χ4n) is 5.01. The van der Waals surface area contributed by atoms with E-state index in [1.165, 1.54) is 45.2 Å². The van der Waals surface area contributed by atoms with Crippen LogP contribution in [0.3, 0.4) is 0 Å². The average Bonchev–Trinajstić information content (AvgIpc) is 3.51. The molecule has 2 aliphatic heterocycles. The zero-order valence-electron chi connectivity index (χ0n) is 18.4. The maximum absolute atomic E-state index is 6.38. The first-order chi connectivity index (χ1) is 14.3. The van der Waals surface area contributed by atoms with Gasteiger partial charge in [0.15, 0.2) is 17.5 Å². The number of aliphatic imine (C=N–C) groups is 1. The summed E-state index contributed by atoms with van der Waals surface area (Å²) in [7, 11) is 3.60. The first-order valence-corrected chi connectivity index (χ1v) is 11.3. The van der Waals surface area contributed by atoms with E-state index in [1.807, 2.05) is 19.2 Å². The van der Waals surface area contributed by atoms with Crippen molar-refractivity contribution in [2.24, 2.45) is 4.99 Å². The molecule has 1 aromatic carbocycles. The highest BCUT2D eigenvalue weighted by Gasteiger charge is 2.30. The standard InChI is InChI=1S/C23H36N4O2.HI/c1-24-23(27-15-12-19(17-27)26-13-5-6-14-26)25-16-18-8-7-11-21(28-2)22(18)29-20-9-3-4-10-20;/h7-8,11,19-20H,3-6,9-10,12-17H2,1-2H3,(H,24,25);1H. The molecule has 1 N–H and O–H groups in total. The van der Waals surface area contributed by atoms with E-state index in [9.17, 15) is 0 Å². The number of benzene rings is 1. The van der Waals surface area contributed by atoms with E-state index >= 15 is 0 Å². The van der Waals surface area contributed by atoms with Crippen molar-refractivity contribution in [1.82, 2.24) is 15.1 Å². The lowest BCUT2D eigenvalue weighted by Gasteiger charge is -2.26. The van der Waals surface area contributed by atoms with Crippen LogP contribution < -0.4 is 14.8 Å². The quantitative estimate of drug-likeness (QED) is 0.345. The largest absolute Gasteiger partial charge is 0.493 e. The summed E-state index contributed by atoms with van der Waals surface area (Å²) in [5.41, 5.74) is 1.13. The van der Waals surface area contributed by atoms with E-state index in [4.69, 9.17) is 9.47 Å². The Labute approximate surface area is 198 Å². The van der Waals surface area contributed by atoms with E-state index in [2.05, 4.69) is 26.2 Å². The van der Waals surface area contributed by atoms with Gasteiger partial charge in [-0.25, -0.2) is 0 Å². The van der Waals surface area contributed by atoms with Gasteiger partial charge in [-0.2, -0.15) is 0 Å². The summed E-state index contributed by atoms with van der Waals surface area (Å²) in [6.07, 6.45) is 9.03. The summed E-state index contributed by atoms with van der Waals surface area (Å²) in [4.78, 5) is 9.62. The van der Waals surface area contributed by atoms with Gasteiger partial charge in [0, 0.05) is 38.3 Å². The molecule has 6 nitrogen and oxygen atoms in total. The Balaban J connectivity index is 0.00000256. The van der Waals surface area contributed by atoms with E-state index in [0.29, 0.717) is 18.7 Å². The number of guanidine groups is 1. The van der Waals surface area contributed by atoms with Gasteiger partial charge in [0.05, 0.1) is 13.2 Å². The van der Waals surface area contributed by atoms with E-state index in [0.717, 1.165) is 49.0 Å². The number of para-hydroxylation sites is 1. The van der Waals surface area contributed by atoms with Crippen LogP contribution in [-0.2, 0) is 6.54 Å². The van der Waals surface area contributed by atoms with Crippen molar-refractivity contribution >= 4 is 29.9 Å². The van der Waals surface area contributed by atoms with Crippen LogP contribution in [0.15, 0.2) is 23.2 Å². The minimum atomic E-state index is 0. The number of hydrogen-bond donors (Lipinski definition) is 1. The molecule has 0 amide bonds. The number of nitrogens with one attached hydrogen (secondary N) is 1. The van der Waals surface area contributed by atoms with Gasteiger partial charge in [-0.1, -0.05) is 12.1 Å². The lowest BCUT2D eigenvalue weighted by molar-refractivity contribution is 0.198. The molecular weight excluding hydrogens is 491 g/mol. The van der Waals surface area contributed by atoms with Gasteiger partial charge in [0.25, 0.3) is 0 Å². The number of nitrogens with zero attached hydrogens (tertiary/aromatic N) is 3. The molecule has 1 unspecified atom stereocenters. The molecule has 7 heteroatoms. The maximum atomic E-state index is 6.38. The molecule has 4 rings (SSSR count). The van der Waals surface area contributed by atoms with Crippen molar-refractivity contribution < 1.29 is 9.47 Å². The van der Waals surface area contributed by atoms with Gasteiger partial charge in [0.2, 0.25) is 0 Å². The maximum Gasteiger partial charge on any atom is 0.193 e. The van der Waals surface area contributed by atoms with Crippen LogP contribution in [-0.4, -0.2) is 68.2 Å². The third-order valence-electron chi connectivity index (χ3n) is 6.64. The lowest BCUT2D eigenvalue weighted by atomic mass is 10.1. The minimum absolute atomic E-state index is 0. The van der Waals surface area contributed by atoms with Crippen LogP contribution in [0, 0.1) is 0 Å². The van der Waals surface area contributed by atoms with Crippen molar-refractivity contribution in [3.8, 4) is 11.5 Å². The number of hydrogen-bond acceptors (Lipinski definition) is 4. The van der Waals surface area contributed by atoms with Crippen LogP contribution >= 0.6 is 24.0 Å². The third kappa shape index (κ3) is 5.52. The second kappa shape index (κ2) is 11.4. The fraction of sp³-hybridized carbons (Fsp3) is 0.696. The second-order valence-corrected chi connectivity index (χ2v) is 8.51. The van der Waals surface area contributed by atoms with Crippen LogP contribution in [0.2, 0.25) is 0 Å². The Morgan fingerprint density at radius 3 is 2.57 bits per heavy atom. The number of ether oxygens (including phenoxy) is 2. The SMILES string of the molecule is CN=C(NCc1cccc(OC)c1OC1CCCC1)N1CCC(N2CCCC2)C1.I. The zero-order valence-corrected chi connectivity index (χ0v) is 20.8. The van der Waals surface area contributed by atoms with Crippen molar-refractivity contribution in [2.45, 2.75) is 63.6 Å². The molecule has 0 aromatic heterocycles. The minimum Gasteiger partial charge on any atom is -0.493 e. The summed E-state index contributed by atoms with van der Waals surface area (Å²) >= 11 is 0. The molecule has 168 valence electrons. The predicted molar refractivity (Wildman–Crippen MR) is 132 cm³/mol. The molecule has 1 aromatic rings. The Morgan fingerprint density at radius 2 is 1.87 bits per heavy atom. The summed E-state index contributed by atoms with van der Waals surface area (Å²) in [5, 5.41) is 3.58. The van der Waals surface area contributed by atoms with Gasteiger partial charge in [-0.15, -0.1) is 24.0 Å².